The van der Waals surface area contributed by atoms with E-state index in [1.54, 1.807) is 0 Å². The van der Waals surface area contributed by atoms with Crippen LogP contribution in [0.25, 0.3) is 0 Å². The number of aromatic nitrogens is 2. The van der Waals surface area contributed by atoms with Gasteiger partial charge in [-0.3, -0.25) is 0 Å². The second kappa shape index (κ2) is 6.70. The molecule has 0 saturated heterocycles. The molecule has 1 N–H and O–H groups in total. The molecule has 1 heterocycles. The van der Waals surface area contributed by atoms with Crippen molar-refractivity contribution in [2.24, 2.45) is 0 Å². The lowest BCUT2D eigenvalue weighted by Gasteiger charge is -2.32. The van der Waals surface area contributed by atoms with Crippen LogP contribution in [0.15, 0.2) is 0 Å². The molecule has 0 fully saturated rings. The zero-order valence-corrected chi connectivity index (χ0v) is 13.3. The van der Waals surface area contributed by atoms with Gasteiger partial charge in [-0.15, -0.1) is 0 Å². The van der Waals surface area contributed by atoms with Gasteiger partial charge in [-0.2, -0.15) is 0 Å². The number of aryl methyl sites for hydroxylation is 1. The average Bonchev–Trinajstić information content (AvgIpc) is 2.32. The third-order valence-corrected chi connectivity index (χ3v) is 3.24. The molecule has 0 aromatic carbocycles. The minimum atomic E-state index is 0.415. The van der Waals surface area contributed by atoms with Crippen molar-refractivity contribution < 1.29 is 0 Å². The molecule has 108 valence electrons. The molecule has 1 aromatic heterocycles. The van der Waals surface area contributed by atoms with Gasteiger partial charge in [0.1, 0.15) is 17.5 Å². The number of nitrogens with zero attached hydrogens (tertiary/aromatic N) is 4. The first-order valence-corrected chi connectivity index (χ1v) is 6.85. The molecule has 1 atom stereocenters. The Morgan fingerprint density at radius 1 is 1.21 bits per heavy atom. The van der Waals surface area contributed by atoms with Gasteiger partial charge in [-0.1, -0.05) is 0 Å². The smallest absolute Gasteiger partial charge is 0.137 e. The van der Waals surface area contributed by atoms with Gasteiger partial charge in [0, 0.05) is 31.7 Å². The predicted octanol–water partition coefficient (Wildman–Crippen LogP) is 1.91. The molecule has 19 heavy (non-hydrogen) atoms. The molecule has 5 nitrogen and oxygen atoms in total. The van der Waals surface area contributed by atoms with Crippen molar-refractivity contribution in [2.75, 3.05) is 44.4 Å². The molecule has 1 unspecified atom stereocenters. The topological polar surface area (TPSA) is 44.3 Å². The molecule has 0 spiro atoms. The third kappa shape index (κ3) is 3.80. The van der Waals surface area contributed by atoms with E-state index in [-0.39, 0.29) is 0 Å². The predicted molar refractivity (Wildman–Crippen MR) is 82.1 cm³/mol. The third-order valence-electron chi connectivity index (χ3n) is 3.24. The highest BCUT2D eigenvalue weighted by Gasteiger charge is 2.19. The van der Waals surface area contributed by atoms with Gasteiger partial charge in [-0.05, 0) is 41.8 Å². The van der Waals surface area contributed by atoms with Crippen LogP contribution >= 0.6 is 0 Å². The Balaban J connectivity index is 3.14. The summed E-state index contributed by atoms with van der Waals surface area (Å²) in [5.74, 6) is 2.76. The van der Waals surface area contributed by atoms with Crippen LogP contribution in [0, 0.1) is 13.8 Å². The molecular formula is C14H27N5. The van der Waals surface area contributed by atoms with Crippen molar-refractivity contribution in [2.45, 2.75) is 33.7 Å². The van der Waals surface area contributed by atoms with Gasteiger partial charge in [0.25, 0.3) is 0 Å². The average molecular weight is 265 g/mol. The second-order valence-electron chi connectivity index (χ2n) is 5.22. The molecule has 5 heteroatoms. The van der Waals surface area contributed by atoms with Gasteiger partial charge in [0.2, 0.25) is 0 Å². The Hall–Kier alpha value is -1.36. The summed E-state index contributed by atoms with van der Waals surface area (Å²) in [7, 11) is 6.10. The van der Waals surface area contributed by atoms with E-state index in [2.05, 4.69) is 60.0 Å². The molecule has 0 bridgehead atoms. The Morgan fingerprint density at radius 2 is 1.84 bits per heavy atom. The van der Waals surface area contributed by atoms with Crippen LogP contribution < -0.4 is 10.2 Å². The molecule has 0 aliphatic rings. The maximum atomic E-state index is 4.64. The SMILES string of the molecule is CCN(c1nc(C)nc(NC)c1C)C(C)CN(C)C. The highest BCUT2D eigenvalue weighted by molar-refractivity contribution is 5.58. The minimum Gasteiger partial charge on any atom is -0.373 e. The summed E-state index contributed by atoms with van der Waals surface area (Å²) in [6, 6.07) is 0.415. The first-order chi connectivity index (χ1) is 8.90. The number of likely N-dealkylation sites (N-methyl/N-ethyl adjacent to an activating group) is 2. The highest BCUT2D eigenvalue weighted by Crippen LogP contribution is 2.24. The Bertz CT molecular complexity index is 417. The standard InChI is InChI=1S/C14H27N5/c1-8-19(10(2)9-18(6)7)14-11(3)13(15-5)16-12(4)17-14/h10H,8-9H2,1-7H3,(H,15,16,17). The van der Waals surface area contributed by atoms with Gasteiger partial charge in [0.15, 0.2) is 0 Å². The number of anilines is 2. The van der Waals surface area contributed by atoms with Crippen LogP contribution in [0.4, 0.5) is 11.6 Å². The van der Waals surface area contributed by atoms with E-state index in [1.807, 2.05) is 14.0 Å². The lowest BCUT2D eigenvalue weighted by molar-refractivity contribution is 0.372. The van der Waals surface area contributed by atoms with E-state index in [1.165, 1.54) is 0 Å². The van der Waals surface area contributed by atoms with Crippen molar-refractivity contribution in [3.63, 3.8) is 0 Å². The van der Waals surface area contributed by atoms with E-state index < -0.39 is 0 Å². The molecule has 0 aliphatic heterocycles. The molecular weight excluding hydrogens is 238 g/mol. The number of rotatable bonds is 6. The monoisotopic (exact) mass is 265 g/mol. The van der Waals surface area contributed by atoms with Crippen LogP contribution in [0.1, 0.15) is 25.2 Å². The van der Waals surface area contributed by atoms with Crippen LogP contribution in [0.3, 0.4) is 0 Å². The van der Waals surface area contributed by atoms with Crippen molar-refractivity contribution in [1.82, 2.24) is 14.9 Å². The van der Waals surface area contributed by atoms with Crippen LogP contribution in [0.2, 0.25) is 0 Å². The van der Waals surface area contributed by atoms with E-state index in [9.17, 15) is 0 Å². The van der Waals surface area contributed by atoms with E-state index in [4.69, 9.17) is 0 Å². The summed E-state index contributed by atoms with van der Waals surface area (Å²) in [6.07, 6.45) is 0. The zero-order chi connectivity index (χ0) is 14.6. The van der Waals surface area contributed by atoms with Crippen LogP contribution in [-0.2, 0) is 0 Å². The summed E-state index contributed by atoms with van der Waals surface area (Å²) < 4.78 is 0. The summed E-state index contributed by atoms with van der Waals surface area (Å²) in [5.41, 5.74) is 1.11. The number of hydrogen-bond acceptors (Lipinski definition) is 5. The fourth-order valence-corrected chi connectivity index (χ4v) is 2.43. The molecule has 0 aliphatic carbocycles. The van der Waals surface area contributed by atoms with E-state index in [0.29, 0.717) is 6.04 Å². The van der Waals surface area contributed by atoms with Crippen molar-refractivity contribution in [1.29, 1.82) is 0 Å². The van der Waals surface area contributed by atoms with Gasteiger partial charge in [0.05, 0.1) is 0 Å². The molecule has 0 saturated carbocycles. The Labute approximate surface area is 117 Å². The maximum absolute atomic E-state index is 4.64. The molecule has 0 radical (unpaired) electrons. The quantitative estimate of drug-likeness (QED) is 0.851. The maximum Gasteiger partial charge on any atom is 0.137 e. The summed E-state index contributed by atoms with van der Waals surface area (Å²) in [5, 5.41) is 3.15. The van der Waals surface area contributed by atoms with E-state index >= 15 is 0 Å². The van der Waals surface area contributed by atoms with Gasteiger partial charge in [-0.25, -0.2) is 9.97 Å². The van der Waals surface area contributed by atoms with Crippen LogP contribution in [-0.4, -0.2) is 55.1 Å². The van der Waals surface area contributed by atoms with Crippen molar-refractivity contribution in [3.05, 3.63) is 11.4 Å². The zero-order valence-electron chi connectivity index (χ0n) is 13.3. The van der Waals surface area contributed by atoms with Gasteiger partial charge >= 0.3 is 0 Å². The second-order valence-corrected chi connectivity index (χ2v) is 5.22. The first-order valence-electron chi connectivity index (χ1n) is 6.85. The summed E-state index contributed by atoms with van der Waals surface area (Å²) >= 11 is 0. The fourth-order valence-electron chi connectivity index (χ4n) is 2.43. The largest absolute Gasteiger partial charge is 0.373 e. The summed E-state index contributed by atoms with van der Waals surface area (Å²) in [4.78, 5) is 13.6. The Morgan fingerprint density at radius 3 is 2.32 bits per heavy atom. The van der Waals surface area contributed by atoms with Crippen molar-refractivity contribution in [3.8, 4) is 0 Å². The minimum absolute atomic E-state index is 0.415. The molecule has 1 rings (SSSR count). The first kappa shape index (κ1) is 15.7. The summed E-state index contributed by atoms with van der Waals surface area (Å²) in [6.45, 7) is 10.4. The number of hydrogen-bond donors (Lipinski definition) is 1. The molecule has 1 aromatic rings. The van der Waals surface area contributed by atoms with E-state index in [0.717, 1.165) is 36.1 Å². The van der Waals surface area contributed by atoms with Gasteiger partial charge < -0.3 is 15.1 Å². The highest BCUT2D eigenvalue weighted by atomic mass is 15.3. The van der Waals surface area contributed by atoms with Crippen molar-refractivity contribution >= 4 is 11.6 Å². The van der Waals surface area contributed by atoms with Crippen LogP contribution in [0.5, 0.6) is 0 Å². The normalized spacial score (nSPS) is 12.6. The Kier molecular flexibility index (Phi) is 5.54. The fraction of sp³-hybridized carbons (Fsp3) is 0.714. The lowest BCUT2D eigenvalue weighted by atomic mass is 10.2. The number of nitrogens with one attached hydrogen (secondary N) is 1. The molecule has 0 amide bonds. The lowest BCUT2D eigenvalue weighted by Crippen LogP contribution is -2.41.